The Hall–Kier alpha value is -1.54. The van der Waals surface area contributed by atoms with E-state index in [1.165, 1.54) is 17.8 Å². The van der Waals surface area contributed by atoms with Gasteiger partial charge in [0, 0.05) is 19.2 Å². The number of hydrogen-bond acceptors (Lipinski definition) is 7. The number of aromatic nitrogens is 2. The van der Waals surface area contributed by atoms with Gasteiger partial charge in [0.25, 0.3) is 0 Å². The minimum atomic E-state index is -0.322. The number of rotatable bonds is 5. The summed E-state index contributed by atoms with van der Waals surface area (Å²) in [4.78, 5) is 20.0. The Balaban J connectivity index is 1.83. The molecule has 0 bridgehead atoms. The van der Waals surface area contributed by atoms with Crippen molar-refractivity contribution in [3.05, 3.63) is 6.07 Å². The quantitative estimate of drug-likeness (QED) is 0.532. The molecule has 0 radical (unpaired) electrons. The lowest BCUT2D eigenvalue weighted by molar-refractivity contribution is -0.120. The fourth-order valence-corrected chi connectivity index (χ4v) is 2.71. The Morgan fingerprint density at radius 1 is 1.55 bits per heavy atom. The highest BCUT2D eigenvalue weighted by Crippen LogP contribution is 2.21. The van der Waals surface area contributed by atoms with Crippen LogP contribution in [0.2, 0.25) is 0 Å². The Labute approximate surface area is 121 Å². The summed E-state index contributed by atoms with van der Waals surface area (Å²) in [5, 5.41) is 2.95. The highest BCUT2D eigenvalue weighted by Gasteiger charge is 2.20. The molecule has 20 heavy (non-hydrogen) atoms. The molecule has 2 rings (SSSR count). The molecular formula is C12H19N5O2S. The zero-order valence-corrected chi connectivity index (χ0v) is 12.2. The largest absolute Gasteiger partial charge is 0.383 e. The third kappa shape index (κ3) is 4.24. The summed E-state index contributed by atoms with van der Waals surface area (Å²) in [6.45, 7) is 3.11. The van der Waals surface area contributed by atoms with Gasteiger partial charge in [0.15, 0.2) is 5.16 Å². The number of carbonyl (C=O) groups is 1. The van der Waals surface area contributed by atoms with Gasteiger partial charge in [-0.2, -0.15) is 0 Å². The predicted octanol–water partition coefficient (Wildman–Crippen LogP) is 0.417. The monoisotopic (exact) mass is 297 g/mol. The van der Waals surface area contributed by atoms with Gasteiger partial charge in [-0.1, -0.05) is 11.8 Å². The lowest BCUT2D eigenvalue weighted by Crippen LogP contribution is -2.36. The third-order valence-electron chi connectivity index (χ3n) is 2.92. The number of nitrogens with zero attached hydrogens (tertiary/aromatic N) is 2. The third-order valence-corrected chi connectivity index (χ3v) is 3.89. The summed E-state index contributed by atoms with van der Waals surface area (Å²) >= 11 is 1.23. The average Bonchev–Trinajstić information content (AvgIpc) is 2.87. The molecule has 0 aromatic carbocycles. The molecule has 8 heteroatoms. The van der Waals surface area contributed by atoms with Crippen molar-refractivity contribution in [1.29, 1.82) is 0 Å². The molecule has 1 aromatic rings. The van der Waals surface area contributed by atoms with Crippen molar-refractivity contribution in [3.63, 3.8) is 0 Å². The molecule has 0 saturated carbocycles. The van der Waals surface area contributed by atoms with Crippen LogP contribution in [-0.2, 0) is 9.53 Å². The van der Waals surface area contributed by atoms with E-state index in [9.17, 15) is 4.79 Å². The summed E-state index contributed by atoms with van der Waals surface area (Å²) in [6, 6.07) is 1.48. The van der Waals surface area contributed by atoms with Crippen LogP contribution in [-0.4, -0.2) is 40.4 Å². The van der Waals surface area contributed by atoms with E-state index in [1.807, 2.05) is 0 Å². The smallest absolute Gasteiger partial charge is 0.233 e. The van der Waals surface area contributed by atoms with E-state index in [0.29, 0.717) is 23.3 Å². The van der Waals surface area contributed by atoms with Crippen molar-refractivity contribution in [2.45, 2.75) is 36.3 Å². The maximum atomic E-state index is 12.0. The number of carbonyl (C=O) groups excluding carboxylic acids is 1. The standard InChI is InChI=1S/C12H19N5O2S/c1-7(11(18)15-6-8-3-2-4-19-8)20-12-16-9(13)5-10(14)17-12/h5,7-8H,2-4,6H2,1H3,(H,15,18)(H4,13,14,16,17)/t7-,8+/m0/s1. The Kier molecular flexibility index (Phi) is 5.02. The molecule has 2 atom stereocenters. The first-order valence-electron chi connectivity index (χ1n) is 6.50. The first-order valence-corrected chi connectivity index (χ1v) is 7.38. The Bertz CT molecular complexity index is 459. The first kappa shape index (κ1) is 14.9. The van der Waals surface area contributed by atoms with E-state index in [-0.39, 0.29) is 17.3 Å². The maximum Gasteiger partial charge on any atom is 0.233 e. The summed E-state index contributed by atoms with van der Waals surface area (Å²) in [7, 11) is 0. The van der Waals surface area contributed by atoms with Crippen LogP contribution in [0.4, 0.5) is 11.6 Å². The minimum Gasteiger partial charge on any atom is -0.383 e. The summed E-state index contributed by atoms with van der Waals surface area (Å²) < 4.78 is 5.45. The van der Waals surface area contributed by atoms with Gasteiger partial charge in [0.2, 0.25) is 5.91 Å². The molecule has 1 fully saturated rings. The number of hydrogen-bond donors (Lipinski definition) is 3. The maximum absolute atomic E-state index is 12.0. The highest BCUT2D eigenvalue weighted by atomic mass is 32.2. The Morgan fingerprint density at radius 3 is 2.85 bits per heavy atom. The normalized spacial score (nSPS) is 19.8. The van der Waals surface area contributed by atoms with E-state index in [0.717, 1.165) is 19.4 Å². The average molecular weight is 297 g/mol. The second-order valence-electron chi connectivity index (χ2n) is 4.64. The van der Waals surface area contributed by atoms with E-state index in [1.54, 1.807) is 6.92 Å². The number of amides is 1. The van der Waals surface area contributed by atoms with E-state index < -0.39 is 0 Å². The van der Waals surface area contributed by atoms with Crippen LogP contribution in [0.25, 0.3) is 0 Å². The van der Waals surface area contributed by atoms with Crippen LogP contribution in [0.15, 0.2) is 11.2 Å². The molecule has 1 aliphatic rings. The van der Waals surface area contributed by atoms with Gasteiger partial charge < -0.3 is 21.5 Å². The minimum absolute atomic E-state index is 0.0740. The second kappa shape index (κ2) is 6.76. The molecule has 7 nitrogen and oxygen atoms in total. The van der Waals surface area contributed by atoms with Gasteiger partial charge in [-0.25, -0.2) is 9.97 Å². The first-order chi connectivity index (χ1) is 9.54. The lowest BCUT2D eigenvalue weighted by atomic mass is 10.2. The van der Waals surface area contributed by atoms with E-state index in [2.05, 4.69) is 15.3 Å². The lowest BCUT2D eigenvalue weighted by Gasteiger charge is -2.14. The van der Waals surface area contributed by atoms with Gasteiger partial charge in [0.05, 0.1) is 11.4 Å². The van der Waals surface area contributed by atoms with Crippen molar-refractivity contribution in [2.75, 3.05) is 24.6 Å². The zero-order chi connectivity index (χ0) is 14.5. The summed E-state index contributed by atoms with van der Waals surface area (Å²) in [5.74, 6) is 0.522. The van der Waals surface area contributed by atoms with Crippen molar-refractivity contribution in [1.82, 2.24) is 15.3 Å². The van der Waals surface area contributed by atoms with Crippen LogP contribution < -0.4 is 16.8 Å². The SMILES string of the molecule is C[C@H](Sc1nc(N)cc(N)n1)C(=O)NC[C@H]1CCCO1. The number of nitrogens with two attached hydrogens (primary N) is 2. The van der Waals surface area contributed by atoms with Crippen LogP contribution in [0, 0.1) is 0 Å². The fraction of sp³-hybridized carbons (Fsp3) is 0.583. The van der Waals surface area contributed by atoms with Crippen molar-refractivity contribution in [3.8, 4) is 0 Å². The van der Waals surface area contributed by atoms with Crippen molar-refractivity contribution in [2.24, 2.45) is 0 Å². The predicted molar refractivity (Wildman–Crippen MR) is 78.2 cm³/mol. The molecule has 0 aliphatic carbocycles. The Morgan fingerprint density at radius 2 is 2.25 bits per heavy atom. The van der Waals surface area contributed by atoms with Crippen LogP contribution in [0.3, 0.4) is 0 Å². The summed E-state index contributed by atoms with van der Waals surface area (Å²) in [6.07, 6.45) is 2.19. The molecule has 5 N–H and O–H groups in total. The number of ether oxygens (including phenoxy) is 1. The topological polar surface area (TPSA) is 116 Å². The molecule has 1 aliphatic heterocycles. The summed E-state index contributed by atoms with van der Waals surface area (Å²) in [5.41, 5.74) is 11.2. The van der Waals surface area contributed by atoms with Crippen molar-refractivity contribution < 1.29 is 9.53 Å². The van der Waals surface area contributed by atoms with Crippen molar-refractivity contribution >= 4 is 29.3 Å². The molecule has 1 aromatic heterocycles. The number of nitrogens with one attached hydrogen (secondary N) is 1. The second-order valence-corrected chi connectivity index (χ2v) is 5.95. The molecule has 1 saturated heterocycles. The van der Waals surface area contributed by atoms with Gasteiger partial charge in [-0.3, -0.25) is 4.79 Å². The molecule has 1 amide bonds. The van der Waals surface area contributed by atoms with E-state index in [4.69, 9.17) is 16.2 Å². The van der Waals surface area contributed by atoms with Gasteiger partial charge in [-0.05, 0) is 19.8 Å². The molecule has 110 valence electrons. The van der Waals surface area contributed by atoms with Crippen LogP contribution in [0.5, 0.6) is 0 Å². The molecule has 2 heterocycles. The fourth-order valence-electron chi connectivity index (χ4n) is 1.89. The van der Waals surface area contributed by atoms with Gasteiger partial charge >= 0.3 is 0 Å². The van der Waals surface area contributed by atoms with E-state index >= 15 is 0 Å². The molecule has 0 spiro atoms. The van der Waals surface area contributed by atoms with Gasteiger partial charge in [0.1, 0.15) is 11.6 Å². The van der Waals surface area contributed by atoms with Crippen LogP contribution >= 0.6 is 11.8 Å². The highest BCUT2D eigenvalue weighted by molar-refractivity contribution is 8.00. The number of nitrogen functional groups attached to an aromatic ring is 2. The molecular weight excluding hydrogens is 278 g/mol. The molecule has 0 unspecified atom stereocenters. The van der Waals surface area contributed by atoms with Gasteiger partial charge in [-0.15, -0.1) is 0 Å². The van der Waals surface area contributed by atoms with Crippen LogP contribution in [0.1, 0.15) is 19.8 Å². The number of anilines is 2. The number of thioether (sulfide) groups is 1. The zero-order valence-electron chi connectivity index (χ0n) is 11.3.